The molecule has 4 nitrogen and oxygen atoms in total. The number of aliphatic carboxylic acids is 1. The summed E-state index contributed by atoms with van der Waals surface area (Å²) in [4.78, 5) is 11.1. The summed E-state index contributed by atoms with van der Waals surface area (Å²) in [5, 5.41) is 27.3. The quantitative estimate of drug-likeness (QED) is 0.621. The fraction of sp³-hybridized carbons (Fsp3) is 0.917. The standard InChI is InChI=1S/C12H24O4/c1-11(2,5-6-13)7-9(8-14)12(3,4)10(15)16/h9,13-14H,5-8H2,1-4H3,(H,15,16). The van der Waals surface area contributed by atoms with E-state index in [9.17, 15) is 9.90 Å². The minimum Gasteiger partial charge on any atom is -0.481 e. The molecule has 3 N–H and O–H groups in total. The van der Waals surface area contributed by atoms with Gasteiger partial charge in [-0.1, -0.05) is 13.8 Å². The van der Waals surface area contributed by atoms with E-state index in [1.165, 1.54) is 0 Å². The van der Waals surface area contributed by atoms with E-state index in [4.69, 9.17) is 10.2 Å². The summed E-state index contributed by atoms with van der Waals surface area (Å²) in [7, 11) is 0. The van der Waals surface area contributed by atoms with Crippen LogP contribution in [0.25, 0.3) is 0 Å². The zero-order chi connectivity index (χ0) is 13.0. The van der Waals surface area contributed by atoms with E-state index in [-0.39, 0.29) is 24.5 Å². The van der Waals surface area contributed by atoms with Gasteiger partial charge in [-0.05, 0) is 38.0 Å². The minimum atomic E-state index is -0.943. The average Bonchev–Trinajstić information content (AvgIpc) is 2.13. The van der Waals surface area contributed by atoms with E-state index < -0.39 is 11.4 Å². The molecular weight excluding hydrogens is 208 g/mol. The number of carboxylic acids is 1. The first-order valence-corrected chi connectivity index (χ1v) is 5.62. The largest absolute Gasteiger partial charge is 0.481 e. The second-order valence-corrected chi connectivity index (χ2v) is 5.75. The topological polar surface area (TPSA) is 77.8 Å². The molecule has 0 aliphatic carbocycles. The molecule has 0 saturated carbocycles. The summed E-state index contributed by atoms with van der Waals surface area (Å²) in [6.45, 7) is 7.15. The van der Waals surface area contributed by atoms with Gasteiger partial charge in [-0.3, -0.25) is 4.79 Å². The van der Waals surface area contributed by atoms with Crippen molar-refractivity contribution < 1.29 is 20.1 Å². The van der Waals surface area contributed by atoms with Gasteiger partial charge in [0.1, 0.15) is 0 Å². The van der Waals surface area contributed by atoms with E-state index in [1.807, 2.05) is 13.8 Å². The minimum absolute atomic E-state index is 0.0820. The summed E-state index contributed by atoms with van der Waals surface area (Å²) in [6, 6.07) is 0. The van der Waals surface area contributed by atoms with Crippen LogP contribution >= 0.6 is 0 Å². The maximum absolute atomic E-state index is 11.1. The zero-order valence-corrected chi connectivity index (χ0v) is 10.7. The van der Waals surface area contributed by atoms with E-state index in [1.54, 1.807) is 13.8 Å². The smallest absolute Gasteiger partial charge is 0.309 e. The lowest BCUT2D eigenvalue weighted by molar-refractivity contribution is -0.152. The van der Waals surface area contributed by atoms with Crippen LogP contribution in [-0.2, 0) is 4.79 Å². The maximum atomic E-state index is 11.1. The second-order valence-electron chi connectivity index (χ2n) is 5.75. The number of aliphatic hydroxyl groups is 2. The molecule has 0 aromatic carbocycles. The molecule has 1 unspecified atom stereocenters. The number of rotatable bonds is 7. The molecule has 0 spiro atoms. The van der Waals surface area contributed by atoms with Gasteiger partial charge in [0.25, 0.3) is 0 Å². The van der Waals surface area contributed by atoms with Gasteiger partial charge < -0.3 is 15.3 Å². The molecule has 96 valence electrons. The predicted molar refractivity (Wildman–Crippen MR) is 62.1 cm³/mol. The average molecular weight is 232 g/mol. The molecular formula is C12H24O4. The summed E-state index contributed by atoms with van der Waals surface area (Å²) in [5.41, 5.74) is -1.10. The molecule has 0 rings (SSSR count). The SMILES string of the molecule is CC(C)(CCO)CC(CO)C(C)(C)C(=O)O. The van der Waals surface area contributed by atoms with Crippen LogP contribution in [0.1, 0.15) is 40.5 Å². The number of carboxylic acid groups (broad SMARTS) is 1. The van der Waals surface area contributed by atoms with Crippen molar-refractivity contribution in [1.29, 1.82) is 0 Å². The van der Waals surface area contributed by atoms with E-state index >= 15 is 0 Å². The van der Waals surface area contributed by atoms with Crippen LogP contribution in [0, 0.1) is 16.7 Å². The van der Waals surface area contributed by atoms with Crippen molar-refractivity contribution in [2.45, 2.75) is 40.5 Å². The van der Waals surface area contributed by atoms with Crippen molar-refractivity contribution in [3.05, 3.63) is 0 Å². The van der Waals surface area contributed by atoms with Crippen molar-refractivity contribution in [3.8, 4) is 0 Å². The fourth-order valence-corrected chi connectivity index (χ4v) is 1.79. The molecule has 0 bridgehead atoms. The van der Waals surface area contributed by atoms with Crippen LogP contribution < -0.4 is 0 Å². The van der Waals surface area contributed by atoms with E-state index in [2.05, 4.69) is 0 Å². The molecule has 0 aromatic rings. The Kier molecular flexibility index (Phi) is 5.42. The Morgan fingerprint density at radius 3 is 2.00 bits per heavy atom. The molecule has 0 radical (unpaired) electrons. The van der Waals surface area contributed by atoms with Crippen LogP contribution in [0.5, 0.6) is 0 Å². The molecule has 0 aromatic heterocycles. The highest BCUT2D eigenvalue weighted by Crippen LogP contribution is 2.38. The van der Waals surface area contributed by atoms with Crippen LogP contribution in [0.15, 0.2) is 0 Å². The summed E-state index contributed by atoms with van der Waals surface area (Å²) < 4.78 is 0. The highest BCUT2D eigenvalue weighted by Gasteiger charge is 2.39. The number of hydrogen-bond acceptors (Lipinski definition) is 3. The van der Waals surface area contributed by atoms with Gasteiger partial charge >= 0.3 is 5.97 Å². The molecule has 16 heavy (non-hydrogen) atoms. The third-order valence-corrected chi connectivity index (χ3v) is 3.38. The van der Waals surface area contributed by atoms with Gasteiger partial charge in [-0.15, -0.1) is 0 Å². The van der Waals surface area contributed by atoms with Gasteiger partial charge in [0, 0.05) is 13.2 Å². The summed E-state index contributed by atoms with van der Waals surface area (Å²) in [5.74, 6) is -1.20. The first-order valence-electron chi connectivity index (χ1n) is 5.62. The molecule has 0 saturated heterocycles. The van der Waals surface area contributed by atoms with Crippen molar-refractivity contribution in [2.24, 2.45) is 16.7 Å². The predicted octanol–water partition coefficient (Wildman–Crippen LogP) is 1.50. The molecule has 0 fully saturated rings. The van der Waals surface area contributed by atoms with Crippen molar-refractivity contribution >= 4 is 5.97 Å². The normalized spacial score (nSPS) is 14.9. The van der Waals surface area contributed by atoms with E-state index in [0.29, 0.717) is 12.8 Å². The first kappa shape index (κ1) is 15.4. The lowest BCUT2D eigenvalue weighted by Gasteiger charge is -2.35. The second kappa shape index (κ2) is 5.64. The van der Waals surface area contributed by atoms with Crippen molar-refractivity contribution in [3.63, 3.8) is 0 Å². The molecule has 0 amide bonds. The number of hydrogen-bond donors (Lipinski definition) is 3. The van der Waals surface area contributed by atoms with Crippen molar-refractivity contribution in [1.82, 2.24) is 0 Å². The highest BCUT2D eigenvalue weighted by molar-refractivity contribution is 5.74. The number of aliphatic hydroxyl groups excluding tert-OH is 2. The highest BCUT2D eigenvalue weighted by atomic mass is 16.4. The lowest BCUT2D eigenvalue weighted by Crippen LogP contribution is -2.38. The number of carbonyl (C=O) groups is 1. The van der Waals surface area contributed by atoms with Gasteiger partial charge in [0.2, 0.25) is 0 Å². The van der Waals surface area contributed by atoms with Crippen LogP contribution in [0.4, 0.5) is 0 Å². The third kappa shape index (κ3) is 4.10. The lowest BCUT2D eigenvalue weighted by atomic mass is 9.70. The molecule has 4 heteroatoms. The third-order valence-electron chi connectivity index (χ3n) is 3.38. The van der Waals surface area contributed by atoms with Gasteiger partial charge in [-0.2, -0.15) is 0 Å². The first-order chi connectivity index (χ1) is 7.17. The molecule has 0 aliphatic rings. The Bertz CT molecular complexity index is 233. The summed E-state index contributed by atoms with van der Waals surface area (Å²) >= 11 is 0. The Hall–Kier alpha value is -0.610. The van der Waals surface area contributed by atoms with Crippen LogP contribution in [0.2, 0.25) is 0 Å². The van der Waals surface area contributed by atoms with Gasteiger partial charge in [0.05, 0.1) is 5.41 Å². The zero-order valence-electron chi connectivity index (χ0n) is 10.7. The molecule has 0 aliphatic heterocycles. The maximum Gasteiger partial charge on any atom is 0.309 e. The van der Waals surface area contributed by atoms with Crippen LogP contribution in [0.3, 0.4) is 0 Å². The van der Waals surface area contributed by atoms with Crippen LogP contribution in [-0.4, -0.2) is 34.5 Å². The Labute approximate surface area is 97.3 Å². The Morgan fingerprint density at radius 1 is 1.19 bits per heavy atom. The Balaban J connectivity index is 4.70. The molecule has 1 atom stereocenters. The van der Waals surface area contributed by atoms with E-state index in [0.717, 1.165) is 0 Å². The monoisotopic (exact) mass is 232 g/mol. The summed E-state index contributed by atoms with van der Waals surface area (Å²) in [6.07, 6.45) is 1.20. The Morgan fingerprint density at radius 2 is 1.69 bits per heavy atom. The van der Waals surface area contributed by atoms with Gasteiger partial charge in [-0.25, -0.2) is 0 Å². The van der Waals surface area contributed by atoms with Gasteiger partial charge in [0.15, 0.2) is 0 Å². The fourth-order valence-electron chi connectivity index (χ4n) is 1.79. The molecule has 0 heterocycles. The van der Waals surface area contributed by atoms with Crippen molar-refractivity contribution in [2.75, 3.05) is 13.2 Å².